The molecule has 2 aromatic carbocycles. The van der Waals surface area contributed by atoms with Crippen molar-refractivity contribution in [3.63, 3.8) is 0 Å². The SMILES string of the molecule is CC(C)(N)CNC(=O)c1cccc(COc2cccc(F)c2)c1. The number of hydrogen-bond donors (Lipinski definition) is 2. The van der Waals surface area contributed by atoms with E-state index in [1.54, 1.807) is 30.3 Å². The highest BCUT2D eigenvalue weighted by Gasteiger charge is 2.13. The number of ether oxygens (including phenoxy) is 1. The topological polar surface area (TPSA) is 64.3 Å². The normalized spacial score (nSPS) is 11.1. The van der Waals surface area contributed by atoms with Crippen LogP contribution in [0.5, 0.6) is 5.75 Å². The van der Waals surface area contributed by atoms with Crippen molar-refractivity contribution in [3.8, 4) is 5.75 Å². The molecule has 0 fully saturated rings. The Balaban J connectivity index is 1.98. The third-order valence-electron chi connectivity index (χ3n) is 3.10. The molecule has 0 radical (unpaired) electrons. The van der Waals surface area contributed by atoms with E-state index >= 15 is 0 Å². The minimum atomic E-state index is -0.465. The van der Waals surface area contributed by atoms with Gasteiger partial charge in [-0.05, 0) is 43.7 Å². The van der Waals surface area contributed by atoms with Crippen LogP contribution >= 0.6 is 0 Å². The number of rotatable bonds is 6. The van der Waals surface area contributed by atoms with Crippen molar-refractivity contribution in [2.24, 2.45) is 5.73 Å². The van der Waals surface area contributed by atoms with Crippen LogP contribution in [0.1, 0.15) is 29.8 Å². The van der Waals surface area contributed by atoms with E-state index < -0.39 is 5.54 Å². The third-order valence-corrected chi connectivity index (χ3v) is 3.10. The quantitative estimate of drug-likeness (QED) is 0.861. The first-order valence-electron chi connectivity index (χ1n) is 7.38. The Kier molecular flexibility index (Phi) is 5.34. The summed E-state index contributed by atoms with van der Waals surface area (Å²) in [6, 6.07) is 13.1. The molecule has 4 nitrogen and oxygen atoms in total. The Bertz CT molecular complexity index is 681. The van der Waals surface area contributed by atoms with Crippen molar-refractivity contribution in [2.45, 2.75) is 26.0 Å². The lowest BCUT2D eigenvalue weighted by molar-refractivity contribution is 0.0946. The molecule has 0 bridgehead atoms. The second-order valence-electron chi connectivity index (χ2n) is 6.12. The number of nitrogens with one attached hydrogen (secondary N) is 1. The van der Waals surface area contributed by atoms with E-state index in [0.717, 1.165) is 5.56 Å². The summed E-state index contributed by atoms with van der Waals surface area (Å²) in [6.07, 6.45) is 0. The summed E-state index contributed by atoms with van der Waals surface area (Å²) in [6.45, 7) is 4.33. The van der Waals surface area contributed by atoms with Crippen LogP contribution < -0.4 is 15.8 Å². The molecule has 0 unspecified atom stereocenters. The molecule has 0 heterocycles. The Morgan fingerprint density at radius 1 is 1.22 bits per heavy atom. The lowest BCUT2D eigenvalue weighted by Crippen LogP contribution is -2.45. The molecule has 0 saturated heterocycles. The summed E-state index contributed by atoms with van der Waals surface area (Å²) in [5, 5.41) is 2.79. The highest BCUT2D eigenvalue weighted by molar-refractivity contribution is 5.94. The number of amides is 1. The van der Waals surface area contributed by atoms with Crippen LogP contribution in [0, 0.1) is 5.82 Å². The molecule has 0 aliphatic carbocycles. The van der Waals surface area contributed by atoms with E-state index in [9.17, 15) is 9.18 Å². The minimum absolute atomic E-state index is 0.184. The fourth-order valence-electron chi connectivity index (χ4n) is 1.94. The van der Waals surface area contributed by atoms with Crippen LogP contribution in [0.3, 0.4) is 0 Å². The molecule has 0 spiro atoms. The molecule has 23 heavy (non-hydrogen) atoms. The molecule has 2 rings (SSSR count). The van der Waals surface area contributed by atoms with Crippen molar-refractivity contribution >= 4 is 5.91 Å². The number of halogens is 1. The number of nitrogens with two attached hydrogens (primary N) is 1. The molecule has 0 saturated carbocycles. The molecule has 5 heteroatoms. The van der Waals surface area contributed by atoms with Crippen LogP contribution in [-0.4, -0.2) is 18.0 Å². The van der Waals surface area contributed by atoms with Gasteiger partial charge in [0.1, 0.15) is 18.2 Å². The van der Waals surface area contributed by atoms with Gasteiger partial charge in [0.15, 0.2) is 0 Å². The Hall–Kier alpha value is -2.40. The zero-order chi connectivity index (χ0) is 16.9. The van der Waals surface area contributed by atoms with Gasteiger partial charge in [-0.25, -0.2) is 4.39 Å². The number of benzene rings is 2. The second kappa shape index (κ2) is 7.24. The molecule has 0 atom stereocenters. The van der Waals surface area contributed by atoms with Crippen LogP contribution in [0.2, 0.25) is 0 Å². The molecule has 2 aromatic rings. The van der Waals surface area contributed by atoms with E-state index in [1.807, 2.05) is 19.9 Å². The summed E-state index contributed by atoms with van der Waals surface area (Å²) >= 11 is 0. The highest BCUT2D eigenvalue weighted by atomic mass is 19.1. The molecule has 0 aliphatic heterocycles. The predicted octanol–water partition coefficient (Wildman–Crippen LogP) is 2.87. The molecular formula is C18H21FN2O2. The molecule has 1 amide bonds. The lowest BCUT2D eigenvalue weighted by atomic mass is 10.1. The van der Waals surface area contributed by atoms with Crippen molar-refractivity contribution < 1.29 is 13.9 Å². The van der Waals surface area contributed by atoms with Crippen molar-refractivity contribution in [3.05, 3.63) is 65.5 Å². The van der Waals surface area contributed by atoms with Crippen LogP contribution in [-0.2, 0) is 6.61 Å². The van der Waals surface area contributed by atoms with Crippen molar-refractivity contribution in [1.82, 2.24) is 5.32 Å². The molecule has 122 valence electrons. The molecule has 0 aromatic heterocycles. The Labute approximate surface area is 135 Å². The Morgan fingerprint density at radius 2 is 1.96 bits per heavy atom. The van der Waals surface area contributed by atoms with Crippen LogP contribution in [0.25, 0.3) is 0 Å². The van der Waals surface area contributed by atoms with Gasteiger partial charge in [-0.2, -0.15) is 0 Å². The largest absolute Gasteiger partial charge is 0.489 e. The molecule has 0 aliphatic rings. The third kappa shape index (κ3) is 5.71. The van der Waals surface area contributed by atoms with Gasteiger partial charge in [-0.3, -0.25) is 4.79 Å². The monoisotopic (exact) mass is 316 g/mol. The van der Waals surface area contributed by atoms with Crippen molar-refractivity contribution in [2.75, 3.05) is 6.54 Å². The van der Waals surface area contributed by atoms with Crippen LogP contribution in [0.15, 0.2) is 48.5 Å². The summed E-state index contributed by atoms with van der Waals surface area (Å²) in [7, 11) is 0. The van der Waals surface area contributed by atoms with Gasteiger partial charge in [-0.1, -0.05) is 18.2 Å². The van der Waals surface area contributed by atoms with Gasteiger partial charge in [0.25, 0.3) is 5.91 Å². The first-order chi connectivity index (χ1) is 10.8. The number of hydrogen-bond acceptors (Lipinski definition) is 3. The predicted molar refractivity (Wildman–Crippen MR) is 87.8 cm³/mol. The van der Waals surface area contributed by atoms with E-state index in [2.05, 4.69) is 5.32 Å². The zero-order valence-corrected chi connectivity index (χ0v) is 13.3. The maximum atomic E-state index is 13.1. The number of carbonyl (C=O) groups excluding carboxylic acids is 1. The second-order valence-corrected chi connectivity index (χ2v) is 6.12. The summed E-state index contributed by atoms with van der Waals surface area (Å²) in [4.78, 5) is 12.1. The van der Waals surface area contributed by atoms with E-state index in [-0.39, 0.29) is 18.3 Å². The smallest absolute Gasteiger partial charge is 0.251 e. The first-order valence-corrected chi connectivity index (χ1v) is 7.38. The van der Waals surface area contributed by atoms with Crippen LogP contribution in [0.4, 0.5) is 4.39 Å². The summed E-state index contributed by atoms with van der Waals surface area (Å²) in [5.41, 5.74) is 6.75. The average Bonchev–Trinajstić information content (AvgIpc) is 2.50. The summed E-state index contributed by atoms with van der Waals surface area (Å²) < 4.78 is 18.6. The maximum Gasteiger partial charge on any atom is 0.251 e. The standard InChI is InChI=1S/C18H21FN2O2/c1-18(2,20)12-21-17(22)14-6-3-5-13(9-14)11-23-16-8-4-7-15(19)10-16/h3-10H,11-12,20H2,1-2H3,(H,21,22). The fraction of sp³-hybridized carbons (Fsp3) is 0.278. The molecule has 3 N–H and O–H groups in total. The van der Waals surface area contributed by atoms with Gasteiger partial charge < -0.3 is 15.8 Å². The lowest BCUT2D eigenvalue weighted by Gasteiger charge is -2.19. The van der Waals surface area contributed by atoms with Crippen molar-refractivity contribution in [1.29, 1.82) is 0 Å². The average molecular weight is 316 g/mol. The van der Waals surface area contributed by atoms with Gasteiger partial charge in [0.2, 0.25) is 0 Å². The minimum Gasteiger partial charge on any atom is -0.489 e. The van der Waals surface area contributed by atoms with Gasteiger partial charge in [0.05, 0.1) is 0 Å². The van der Waals surface area contributed by atoms with Gasteiger partial charge >= 0.3 is 0 Å². The highest BCUT2D eigenvalue weighted by Crippen LogP contribution is 2.15. The number of carbonyl (C=O) groups is 1. The fourth-order valence-corrected chi connectivity index (χ4v) is 1.94. The first kappa shape index (κ1) is 17.0. The van der Waals surface area contributed by atoms with E-state index in [1.165, 1.54) is 12.1 Å². The van der Waals surface area contributed by atoms with Gasteiger partial charge in [-0.15, -0.1) is 0 Å². The zero-order valence-electron chi connectivity index (χ0n) is 13.3. The van der Waals surface area contributed by atoms with E-state index in [0.29, 0.717) is 17.9 Å². The Morgan fingerprint density at radius 3 is 2.65 bits per heavy atom. The van der Waals surface area contributed by atoms with E-state index in [4.69, 9.17) is 10.5 Å². The maximum absolute atomic E-state index is 13.1. The molecular weight excluding hydrogens is 295 g/mol. The summed E-state index contributed by atoms with van der Waals surface area (Å²) in [5.74, 6) is -0.0825. The van der Waals surface area contributed by atoms with Gasteiger partial charge in [0, 0.05) is 23.7 Å².